The van der Waals surface area contributed by atoms with Gasteiger partial charge in [0.1, 0.15) is 0 Å². The second-order valence-corrected chi connectivity index (χ2v) is 3.01. The Hall–Kier alpha value is -1.71. The molecule has 0 spiro atoms. The van der Waals surface area contributed by atoms with Crippen LogP contribution in [-0.4, -0.2) is 26.4 Å². The molecule has 0 radical (unpaired) electrons. The van der Waals surface area contributed by atoms with Gasteiger partial charge < -0.3 is 9.47 Å². The molecule has 0 fully saturated rings. The van der Waals surface area contributed by atoms with Crippen LogP contribution in [-0.2, 0) is 9.53 Å². The highest BCUT2D eigenvalue weighted by Gasteiger charge is 2.04. The van der Waals surface area contributed by atoms with Crippen molar-refractivity contribution in [2.75, 3.05) is 20.3 Å². The number of isocyanates is 1. The van der Waals surface area contributed by atoms with E-state index in [2.05, 4.69) is 4.99 Å². The Morgan fingerprint density at radius 3 is 2.88 bits per heavy atom. The fraction of sp³-hybridized carbons (Fsp3) is 0.364. The van der Waals surface area contributed by atoms with Crippen molar-refractivity contribution in [1.82, 2.24) is 0 Å². The molecule has 0 aliphatic carbocycles. The van der Waals surface area contributed by atoms with Crippen molar-refractivity contribution < 1.29 is 18.7 Å². The lowest BCUT2D eigenvalue weighted by Crippen LogP contribution is -2.02. The van der Waals surface area contributed by atoms with E-state index in [0.717, 1.165) is 6.07 Å². The third-order valence-electron chi connectivity index (χ3n) is 1.84. The number of nitrogens with zero attached hydrogens (tertiary/aromatic N) is 1. The van der Waals surface area contributed by atoms with Gasteiger partial charge in [-0.3, -0.25) is 0 Å². The average molecular weight is 225 g/mol. The van der Waals surface area contributed by atoms with Gasteiger partial charge in [-0.15, -0.1) is 0 Å². The summed E-state index contributed by atoms with van der Waals surface area (Å²) in [4.78, 5) is 13.3. The summed E-state index contributed by atoms with van der Waals surface area (Å²) in [6.45, 7) is 0.941. The molecule has 16 heavy (non-hydrogen) atoms. The highest BCUT2D eigenvalue weighted by molar-refractivity contribution is 5.50. The fourth-order valence-electron chi connectivity index (χ4n) is 1.11. The van der Waals surface area contributed by atoms with Gasteiger partial charge >= 0.3 is 0 Å². The quantitative estimate of drug-likeness (QED) is 0.423. The van der Waals surface area contributed by atoms with Crippen LogP contribution in [0.5, 0.6) is 5.75 Å². The summed E-state index contributed by atoms with van der Waals surface area (Å²) >= 11 is 0. The van der Waals surface area contributed by atoms with Crippen molar-refractivity contribution >= 4 is 11.8 Å². The second-order valence-electron chi connectivity index (χ2n) is 3.01. The van der Waals surface area contributed by atoms with Crippen molar-refractivity contribution in [3.8, 4) is 5.75 Å². The average Bonchev–Trinajstić information content (AvgIpc) is 2.27. The zero-order chi connectivity index (χ0) is 11.8. The van der Waals surface area contributed by atoms with Crippen LogP contribution in [0.25, 0.3) is 0 Å². The lowest BCUT2D eigenvalue weighted by Gasteiger charge is -2.06. The highest BCUT2D eigenvalue weighted by atomic mass is 19.1. The maximum Gasteiger partial charge on any atom is 0.240 e. The van der Waals surface area contributed by atoms with Crippen molar-refractivity contribution in [3.05, 3.63) is 24.0 Å². The first-order valence-corrected chi connectivity index (χ1v) is 4.77. The van der Waals surface area contributed by atoms with Gasteiger partial charge in [-0.2, -0.15) is 4.99 Å². The van der Waals surface area contributed by atoms with Crippen molar-refractivity contribution in [1.29, 1.82) is 0 Å². The van der Waals surface area contributed by atoms with E-state index >= 15 is 0 Å². The third kappa shape index (κ3) is 3.81. The molecule has 0 N–H and O–H groups in total. The molecule has 0 heterocycles. The lowest BCUT2D eigenvalue weighted by molar-refractivity contribution is 0.170. The van der Waals surface area contributed by atoms with Crippen LogP contribution in [0, 0.1) is 5.82 Å². The van der Waals surface area contributed by atoms with Gasteiger partial charge in [0.15, 0.2) is 11.6 Å². The van der Waals surface area contributed by atoms with Gasteiger partial charge in [-0.05, 0) is 12.1 Å². The summed E-state index contributed by atoms with van der Waals surface area (Å²) in [7, 11) is 1.59. The first-order chi connectivity index (χ1) is 7.77. The van der Waals surface area contributed by atoms with E-state index < -0.39 is 5.82 Å². The summed E-state index contributed by atoms with van der Waals surface area (Å²) in [5.41, 5.74) is 0.219. The molecule has 0 aromatic heterocycles. The Bertz CT molecular complexity index is 389. The van der Waals surface area contributed by atoms with E-state index in [9.17, 15) is 9.18 Å². The Labute approximate surface area is 92.7 Å². The molecule has 4 nitrogen and oxygen atoms in total. The topological polar surface area (TPSA) is 47.9 Å². The zero-order valence-corrected chi connectivity index (χ0v) is 8.90. The van der Waals surface area contributed by atoms with E-state index in [1.807, 2.05) is 0 Å². The Morgan fingerprint density at radius 1 is 1.44 bits per heavy atom. The fourth-order valence-corrected chi connectivity index (χ4v) is 1.11. The molecule has 0 atom stereocenters. The lowest BCUT2D eigenvalue weighted by atomic mass is 10.3. The first kappa shape index (κ1) is 12.4. The van der Waals surface area contributed by atoms with E-state index in [-0.39, 0.29) is 11.4 Å². The van der Waals surface area contributed by atoms with Gasteiger partial charge in [0, 0.05) is 26.2 Å². The highest BCUT2D eigenvalue weighted by Crippen LogP contribution is 2.22. The Kier molecular flexibility index (Phi) is 5.19. The van der Waals surface area contributed by atoms with Gasteiger partial charge in [0.2, 0.25) is 6.08 Å². The predicted molar refractivity (Wildman–Crippen MR) is 56.2 cm³/mol. The summed E-state index contributed by atoms with van der Waals surface area (Å²) in [6, 6.07) is 4.04. The number of ether oxygens (including phenoxy) is 2. The number of hydrogen-bond donors (Lipinski definition) is 0. The molecular formula is C11H12FNO3. The largest absolute Gasteiger partial charge is 0.490 e. The number of rotatable bonds is 6. The number of hydrogen-bond acceptors (Lipinski definition) is 4. The van der Waals surface area contributed by atoms with E-state index in [1.165, 1.54) is 18.2 Å². The number of methoxy groups -OCH3 is 1. The predicted octanol–water partition coefficient (Wildman–Crippen LogP) is 2.21. The summed E-state index contributed by atoms with van der Waals surface area (Å²) in [5, 5.41) is 0. The summed E-state index contributed by atoms with van der Waals surface area (Å²) in [5.74, 6) is -0.408. The SMILES string of the molecule is COCCCOc1ccc(N=C=O)cc1F. The van der Waals surface area contributed by atoms with Crippen molar-refractivity contribution in [3.63, 3.8) is 0 Å². The van der Waals surface area contributed by atoms with E-state index in [4.69, 9.17) is 9.47 Å². The Balaban J connectivity index is 2.57. The number of benzene rings is 1. The molecular weight excluding hydrogens is 213 g/mol. The minimum absolute atomic E-state index is 0.140. The van der Waals surface area contributed by atoms with Gasteiger partial charge in [-0.1, -0.05) is 0 Å². The second kappa shape index (κ2) is 6.71. The molecule has 0 saturated heterocycles. The van der Waals surface area contributed by atoms with Crippen LogP contribution >= 0.6 is 0 Å². The smallest absolute Gasteiger partial charge is 0.240 e. The molecule has 0 bridgehead atoms. The van der Waals surface area contributed by atoms with Crippen LogP contribution in [0.2, 0.25) is 0 Å². The molecule has 0 saturated carbocycles. The Morgan fingerprint density at radius 2 is 2.25 bits per heavy atom. The minimum atomic E-state index is -0.547. The van der Waals surface area contributed by atoms with Crippen LogP contribution < -0.4 is 4.74 Å². The van der Waals surface area contributed by atoms with Gasteiger partial charge in [-0.25, -0.2) is 9.18 Å². The molecule has 0 aliphatic heterocycles. The van der Waals surface area contributed by atoms with Gasteiger partial charge in [0.25, 0.3) is 0 Å². The minimum Gasteiger partial charge on any atom is -0.490 e. The standard InChI is InChI=1S/C11H12FNO3/c1-15-5-2-6-16-11-4-3-9(13-8-14)7-10(11)12/h3-4,7H,2,5-6H2,1H3. The van der Waals surface area contributed by atoms with Crippen LogP contribution in [0.4, 0.5) is 10.1 Å². The normalized spacial score (nSPS) is 9.62. The summed E-state index contributed by atoms with van der Waals surface area (Å²) in [6.07, 6.45) is 2.03. The number of carbonyl (C=O) groups excluding carboxylic acids is 1. The molecule has 1 rings (SSSR count). The van der Waals surface area contributed by atoms with Gasteiger partial charge in [0.05, 0.1) is 12.3 Å². The molecule has 5 heteroatoms. The maximum atomic E-state index is 13.3. The third-order valence-corrected chi connectivity index (χ3v) is 1.84. The molecule has 0 amide bonds. The van der Waals surface area contributed by atoms with Crippen molar-refractivity contribution in [2.24, 2.45) is 4.99 Å². The van der Waals surface area contributed by atoms with E-state index in [0.29, 0.717) is 19.6 Å². The number of aliphatic imine (C=N–C) groups is 1. The van der Waals surface area contributed by atoms with E-state index in [1.54, 1.807) is 7.11 Å². The molecule has 1 aromatic carbocycles. The summed E-state index contributed by atoms with van der Waals surface area (Å²) < 4.78 is 23.3. The molecule has 0 unspecified atom stereocenters. The van der Waals surface area contributed by atoms with Crippen LogP contribution in [0.3, 0.4) is 0 Å². The van der Waals surface area contributed by atoms with Crippen molar-refractivity contribution in [2.45, 2.75) is 6.42 Å². The zero-order valence-electron chi connectivity index (χ0n) is 8.90. The van der Waals surface area contributed by atoms with Crippen LogP contribution in [0.1, 0.15) is 6.42 Å². The molecule has 1 aromatic rings. The number of halogens is 1. The first-order valence-electron chi connectivity index (χ1n) is 4.77. The molecule has 86 valence electrons. The monoisotopic (exact) mass is 225 g/mol. The molecule has 0 aliphatic rings. The van der Waals surface area contributed by atoms with Crippen LogP contribution in [0.15, 0.2) is 23.2 Å². The maximum absolute atomic E-state index is 13.3.